The third kappa shape index (κ3) is 3.15. The van der Waals surface area contributed by atoms with Crippen LogP contribution in [0.5, 0.6) is 0 Å². The summed E-state index contributed by atoms with van der Waals surface area (Å²) in [4.78, 5) is 19.3. The van der Waals surface area contributed by atoms with Gasteiger partial charge in [-0.1, -0.05) is 5.16 Å². The normalized spacial score (nSPS) is 20.8. The minimum atomic E-state index is -4.66. The number of nitrogens with zero attached hydrogens (tertiary/aromatic N) is 3. The van der Waals surface area contributed by atoms with E-state index in [2.05, 4.69) is 14.7 Å². The molecule has 134 valence electrons. The first-order valence-corrected chi connectivity index (χ1v) is 8.63. The van der Waals surface area contributed by atoms with Gasteiger partial charge in [-0.2, -0.15) is 18.2 Å². The van der Waals surface area contributed by atoms with Gasteiger partial charge in [0.15, 0.2) is 0 Å². The van der Waals surface area contributed by atoms with E-state index in [4.69, 9.17) is 4.74 Å². The molecule has 2 aromatic rings. The maximum atomic E-state index is 12.6. The molecule has 2 aromatic heterocycles. The number of carbonyl (C=O) groups is 1. The quantitative estimate of drug-likeness (QED) is 0.810. The van der Waals surface area contributed by atoms with Gasteiger partial charge >= 0.3 is 12.1 Å². The Morgan fingerprint density at radius 3 is 2.92 bits per heavy atom. The first-order chi connectivity index (χ1) is 11.9. The van der Waals surface area contributed by atoms with Crippen LogP contribution in [0.2, 0.25) is 0 Å². The second-order valence-corrected chi connectivity index (χ2v) is 7.19. The van der Waals surface area contributed by atoms with Crippen LogP contribution in [0.25, 0.3) is 10.7 Å². The minimum Gasteiger partial charge on any atom is -0.381 e. The fourth-order valence-corrected chi connectivity index (χ4v) is 4.15. The number of aromatic nitrogens is 2. The van der Waals surface area contributed by atoms with Crippen LogP contribution in [0.1, 0.15) is 22.8 Å². The van der Waals surface area contributed by atoms with Crippen molar-refractivity contribution in [3.63, 3.8) is 0 Å². The molecule has 4 heterocycles. The van der Waals surface area contributed by atoms with E-state index in [0.29, 0.717) is 37.6 Å². The summed E-state index contributed by atoms with van der Waals surface area (Å²) < 4.78 is 47.3. The van der Waals surface area contributed by atoms with E-state index in [0.717, 1.165) is 16.9 Å². The Kier molecular flexibility index (Phi) is 4.03. The summed E-state index contributed by atoms with van der Waals surface area (Å²) >= 11 is 1.34. The number of thiophene rings is 1. The summed E-state index contributed by atoms with van der Waals surface area (Å²) in [5, 5.41) is 3.42. The highest BCUT2D eigenvalue weighted by Gasteiger charge is 2.39. The fourth-order valence-electron chi connectivity index (χ4n) is 3.06. The standard InChI is InChI=1S/C15H14F3N3O3S/c16-15(17,18)14-19-12(20-24-14)11-5-9-6-21(3-1-10(9)25-11)13(22)8-2-4-23-7-8/h5,8H,1-4,6-7H2. The number of amides is 1. The van der Waals surface area contributed by atoms with E-state index in [1.807, 2.05) is 0 Å². The second kappa shape index (κ2) is 6.10. The van der Waals surface area contributed by atoms with Gasteiger partial charge in [0.25, 0.3) is 0 Å². The number of carbonyl (C=O) groups excluding carboxylic acids is 1. The molecule has 0 aromatic carbocycles. The topological polar surface area (TPSA) is 68.5 Å². The molecule has 0 N–H and O–H groups in total. The third-order valence-electron chi connectivity index (χ3n) is 4.35. The second-order valence-electron chi connectivity index (χ2n) is 6.05. The van der Waals surface area contributed by atoms with Gasteiger partial charge in [0.2, 0.25) is 11.7 Å². The van der Waals surface area contributed by atoms with E-state index in [9.17, 15) is 18.0 Å². The van der Waals surface area contributed by atoms with Gasteiger partial charge in [0, 0.05) is 24.6 Å². The summed E-state index contributed by atoms with van der Waals surface area (Å²) in [6.07, 6.45) is -3.25. The number of ether oxygens (including phenoxy) is 1. The zero-order valence-electron chi connectivity index (χ0n) is 13.0. The monoisotopic (exact) mass is 373 g/mol. The van der Waals surface area contributed by atoms with Crippen molar-refractivity contribution in [3.8, 4) is 10.7 Å². The Labute approximate surface area is 144 Å². The van der Waals surface area contributed by atoms with Gasteiger partial charge in [0.05, 0.1) is 17.4 Å². The lowest BCUT2D eigenvalue weighted by Crippen LogP contribution is -2.39. The van der Waals surface area contributed by atoms with Crippen molar-refractivity contribution in [2.75, 3.05) is 19.8 Å². The van der Waals surface area contributed by atoms with Gasteiger partial charge in [-0.15, -0.1) is 11.3 Å². The number of alkyl halides is 3. The van der Waals surface area contributed by atoms with Crippen molar-refractivity contribution in [2.45, 2.75) is 25.6 Å². The Bertz CT molecular complexity index is 796. The first-order valence-electron chi connectivity index (χ1n) is 7.81. The van der Waals surface area contributed by atoms with Gasteiger partial charge in [0.1, 0.15) is 0 Å². The Morgan fingerprint density at radius 2 is 2.24 bits per heavy atom. The van der Waals surface area contributed by atoms with Crippen LogP contribution < -0.4 is 0 Å². The molecule has 10 heteroatoms. The van der Waals surface area contributed by atoms with Crippen molar-refractivity contribution in [1.82, 2.24) is 15.0 Å². The first kappa shape index (κ1) is 16.5. The summed E-state index contributed by atoms with van der Waals surface area (Å²) in [7, 11) is 0. The van der Waals surface area contributed by atoms with Gasteiger partial charge < -0.3 is 14.2 Å². The van der Waals surface area contributed by atoms with Gasteiger partial charge in [-0.3, -0.25) is 4.79 Å². The molecule has 1 atom stereocenters. The highest BCUT2D eigenvalue weighted by atomic mass is 32.1. The van der Waals surface area contributed by atoms with Crippen molar-refractivity contribution in [2.24, 2.45) is 5.92 Å². The van der Waals surface area contributed by atoms with Crippen molar-refractivity contribution < 1.29 is 27.2 Å². The van der Waals surface area contributed by atoms with Crippen molar-refractivity contribution in [1.29, 1.82) is 0 Å². The molecule has 1 fully saturated rings. The Morgan fingerprint density at radius 1 is 1.40 bits per heavy atom. The molecule has 1 unspecified atom stereocenters. The van der Waals surface area contributed by atoms with Gasteiger partial charge in [-0.05, 0) is 24.5 Å². The number of halogens is 3. The van der Waals surface area contributed by atoms with Crippen LogP contribution in [-0.2, 0) is 28.7 Å². The van der Waals surface area contributed by atoms with E-state index in [-0.39, 0.29) is 17.6 Å². The lowest BCUT2D eigenvalue weighted by Gasteiger charge is -2.28. The molecule has 0 spiro atoms. The number of hydrogen-bond acceptors (Lipinski definition) is 6. The summed E-state index contributed by atoms with van der Waals surface area (Å²) in [6.45, 7) is 2.12. The highest BCUT2D eigenvalue weighted by Crippen LogP contribution is 2.36. The number of hydrogen-bond donors (Lipinski definition) is 0. The predicted octanol–water partition coefficient (Wildman–Crippen LogP) is 2.74. The summed E-state index contributed by atoms with van der Waals surface area (Å²) in [6, 6.07) is 1.75. The molecule has 0 aliphatic carbocycles. The molecule has 0 bridgehead atoms. The van der Waals surface area contributed by atoms with E-state index < -0.39 is 12.1 Å². The molecule has 1 saturated heterocycles. The van der Waals surface area contributed by atoms with Crippen LogP contribution >= 0.6 is 11.3 Å². The fraction of sp³-hybridized carbons (Fsp3) is 0.533. The molecular formula is C15H14F3N3O3S. The Balaban J connectivity index is 1.52. The van der Waals surface area contributed by atoms with Crippen LogP contribution in [0.3, 0.4) is 0 Å². The highest BCUT2D eigenvalue weighted by molar-refractivity contribution is 7.15. The summed E-state index contributed by atoms with van der Waals surface area (Å²) in [5.74, 6) is -1.44. The van der Waals surface area contributed by atoms with Gasteiger partial charge in [-0.25, -0.2) is 0 Å². The largest absolute Gasteiger partial charge is 0.471 e. The smallest absolute Gasteiger partial charge is 0.381 e. The molecule has 2 aliphatic rings. The third-order valence-corrected chi connectivity index (χ3v) is 5.58. The van der Waals surface area contributed by atoms with Crippen molar-refractivity contribution in [3.05, 3.63) is 22.4 Å². The average molecular weight is 373 g/mol. The lowest BCUT2D eigenvalue weighted by atomic mass is 10.0. The van der Waals surface area contributed by atoms with Crippen LogP contribution in [-0.4, -0.2) is 40.7 Å². The maximum absolute atomic E-state index is 12.6. The molecule has 25 heavy (non-hydrogen) atoms. The average Bonchev–Trinajstić information content (AvgIpc) is 3.31. The molecule has 4 rings (SSSR count). The molecule has 0 saturated carbocycles. The van der Waals surface area contributed by atoms with Crippen LogP contribution in [0.4, 0.5) is 13.2 Å². The van der Waals surface area contributed by atoms with E-state index >= 15 is 0 Å². The molecule has 1 amide bonds. The SMILES string of the molecule is O=C(C1CCOC1)N1CCc2sc(-c3noc(C(F)(F)F)n3)cc2C1. The van der Waals surface area contributed by atoms with Crippen LogP contribution in [0, 0.1) is 5.92 Å². The van der Waals surface area contributed by atoms with Crippen molar-refractivity contribution >= 4 is 17.2 Å². The maximum Gasteiger partial charge on any atom is 0.471 e. The predicted molar refractivity (Wildman–Crippen MR) is 80.7 cm³/mol. The zero-order valence-corrected chi connectivity index (χ0v) is 13.8. The molecule has 6 nitrogen and oxygen atoms in total. The lowest BCUT2D eigenvalue weighted by molar-refractivity contribution is -0.159. The van der Waals surface area contributed by atoms with E-state index in [1.54, 1.807) is 11.0 Å². The van der Waals surface area contributed by atoms with E-state index in [1.165, 1.54) is 11.3 Å². The molecule has 2 aliphatic heterocycles. The zero-order chi connectivity index (χ0) is 17.6. The number of fused-ring (bicyclic) bond motifs is 1. The Hall–Kier alpha value is -1.94. The number of rotatable bonds is 2. The van der Waals surface area contributed by atoms with Crippen LogP contribution in [0.15, 0.2) is 10.6 Å². The molecular weight excluding hydrogens is 359 g/mol. The summed E-state index contributed by atoms with van der Waals surface area (Å²) in [5.41, 5.74) is 0.928. The minimum absolute atomic E-state index is 0.0752. The molecule has 0 radical (unpaired) electrons.